The van der Waals surface area contributed by atoms with Gasteiger partial charge in [0.25, 0.3) is 5.91 Å². The first-order chi connectivity index (χ1) is 12.2. The Morgan fingerprint density at radius 3 is 2.68 bits per heavy atom. The van der Waals surface area contributed by atoms with Gasteiger partial charge in [-0.15, -0.1) is 0 Å². The second-order valence-electron chi connectivity index (χ2n) is 6.34. The molecule has 0 aromatic heterocycles. The van der Waals surface area contributed by atoms with Crippen molar-refractivity contribution < 1.29 is 13.9 Å². The van der Waals surface area contributed by atoms with E-state index in [0.717, 1.165) is 25.2 Å². The molecular weight excluding hydrogens is 319 g/mol. The molecule has 1 aliphatic heterocycles. The number of carbonyl (C=O) groups is 1. The Labute approximate surface area is 147 Å². The van der Waals surface area contributed by atoms with Gasteiger partial charge in [0.2, 0.25) is 0 Å². The van der Waals surface area contributed by atoms with Gasteiger partial charge in [-0.2, -0.15) is 0 Å². The topological polar surface area (TPSA) is 41.6 Å². The number of rotatable bonds is 6. The number of halogens is 1. The van der Waals surface area contributed by atoms with Crippen molar-refractivity contribution >= 4 is 5.91 Å². The molecule has 1 saturated heterocycles. The van der Waals surface area contributed by atoms with E-state index in [-0.39, 0.29) is 11.7 Å². The van der Waals surface area contributed by atoms with Gasteiger partial charge in [0, 0.05) is 18.7 Å². The molecule has 5 heteroatoms. The van der Waals surface area contributed by atoms with Gasteiger partial charge < -0.3 is 10.1 Å². The summed E-state index contributed by atoms with van der Waals surface area (Å²) in [6.07, 6.45) is 2.55. The van der Waals surface area contributed by atoms with Gasteiger partial charge >= 0.3 is 0 Å². The van der Waals surface area contributed by atoms with E-state index >= 15 is 0 Å². The number of methoxy groups -OCH3 is 1. The fraction of sp³-hybridized carbons (Fsp3) is 0.350. The van der Waals surface area contributed by atoms with Crippen LogP contribution in [0.5, 0.6) is 5.75 Å². The van der Waals surface area contributed by atoms with Crippen molar-refractivity contribution in [1.82, 2.24) is 10.2 Å². The van der Waals surface area contributed by atoms with Crippen LogP contribution in [0.2, 0.25) is 0 Å². The summed E-state index contributed by atoms with van der Waals surface area (Å²) in [6, 6.07) is 12.4. The first kappa shape index (κ1) is 17.4. The number of amides is 1. The average Bonchev–Trinajstić information content (AvgIpc) is 3.13. The second-order valence-corrected chi connectivity index (χ2v) is 6.34. The largest absolute Gasteiger partial charge is 0.494 e. The predicted molar refractivity (Wildman–Crippen MR) is 95.1 cm³/mol. The van der Waals surface area contributed by atoms with Crippen LogP contribution in [0, 0.1) is 5.82 Å². The standard InChI is InChI=1S/C20H23FN2O2/c1-25-19-12-17(7-8-18(19)21)20(24)22-13-15-5-4-6-16(11-15)14-23-9-2-3-10-23/h4-8,11-12H,2-3,9-10,13-14H2,1H3,(H,22,24). The molecule has 1 heterocycles. The number of hydrogen-bond acceptors (Lipinski definition) is 3. The highest BCUT2D eigenvalue weighted by Gasteiger charge is 2.12. The highest BCUT2D eigenvalue weighted by Crippen LogP contribution is 2.18. The number of benzene rings is 2. The maximum absolute atomic E-state index is 13.4. The Hall–Kier alpha value is -2.40. The molecule has 1 amide bonds. The number of nitrogens with zero attached hydrogens (tertiary/aromatic N) is 1. The highest BCUT2D eigenvalue weighted by atomic mass is 19.1. The smallest absolute Gasteiger partial charge is 0.251 e. The Morgan fingerprint density at radius 2 is 1.92 bits per heavy atom. The van der Waals surface area contributed by atoms with Crippen LogP contribution in [0.25, 0.3) is 0 Å². The highest BCUT2D eigenvalue weighted by molar-refractivity contribution is 5.94. The van der Waals surface area contributed by atoms with Crippen LogP contribution in [0.15, 0.2) is 42.5 Å². The second kappa shape index (κ2) is 8.12. The number of carbonyl (C=O) groups excluding carboxylic acids is 1. The summed E-state index contributed by atoms with van der Waals surface area (Å²) in [4.78, 5) is 14.7. The summed E-state index contributed by atoms with van der Waals surface area (Å²) in [6.45, 7) is 3.71. The average molecular weight is 342 g/mol. The summed E-state index contributed by atoms with van der Waals surface area (Å²) >= 11 is 0. The summed E-state index contributed by atoms with van der Waals surface area (Å²) < 4.78 is 18.4. The molecule has 0 radical (unpaired) electrons. The zero-order chi connectivity index (χ0) is 17.6. The van der Waals surface area contributed by atoms with E-state index in [4.69, 9.17) is 4.74 Å². The van der Waals surface area contributed by atoms with Crippen LogP contribution in [0.3, 0.4) is 0 Å². The van der Waals surface area contributed by atoms with Crippen molar-refractivity contribution in [2.24, 2.45) is 0 Å². The zero-order valence-electron chi connectivity index (χ0n) is 14.4. The van der Waals surface area contributed by atoms with Crippen LogP contribution < -0.4 is 10.1 Å². The minimum absolute atomic E-state index is 0.0697. The third-order valence-corrected chi connectivity index (χ3v) is 4.46. The lowest BCUT2D eigenvalue weighted by Crippen LogP contribution is -2.23. The molecule has 132 valence electrons. The van der Waals surface area contributed by atoms with Gasteiger partial charge in [-0.3, -0.25) is 9.69 Å². The van der Waals surface area contributed by atoms with E-state index in [1.807, 2.05) is 12.1 Å². The van der Waals surface area contributed by atoms with E-state index in [9.17, 15) is 9.18 Å². The molecular formula is C20H23FN2O2. The molecule has 4 nitrogen and oxygen atoms in total. The summed E-state index contributed by atoms with van der Waals surface area (Å²) in [5, 5.41) is 2.88. The van der Waals surface area contributed by atoms with Gasteiger partial charge in [0.15, 0.2) is 11.6 Å². The quantitative estimate of drug-likeness (QED) is 0.875. The third kappa shape index (κ3) is 4.57. The van der Waals surface area contributed by atoms with Crippen LogP contribution in [-0.4, -0.2) is 31.0 Å². The van der Waals surface area contributed by atoms with E-state index in [1.165, 1.54) is 43.7 Å². The first-order valence-corrected chi connectivity index (χ1v) is 8.57. The third-order valence-electron chi connectivity index (χ3n) is 4.46. The fourth-order valence-electron chi connectivity index (χ4n) is 3.12. The fourth-order valence-corrected chi connectivity index (χ4v) is 3.12. The van der Waals surface area contributed by atoms with Gasteiger partial charge in [-0.25, -0.2) is 4.39 Å². The monoisotopic (exact) mass is 342 g/mol. The maximum Gasteiger partial charge on any atom is 0.251 e. The molecule has 0 bridgehead atoms. The van der Waals surface area contributed by atoms with E-state index in [0.29, 0.717) is 12.1 Å². The number of ether oxygens (including phenoxy) is 1. The molecule has 3 rings (SSSR count). The number of nitrogens with one attached hydrogen (secondary N) is 1. The van der Waals surface area contributed by atoms with Gasteiger partial charge in [0.1, 0.15) is 0 Å². The molecule has 25 heavy (non-hydrogen) atoms. The Balaban J connectivity index is 1.60. The Bertz CT molecular complexity index is 742. The molecule has 2 aromatic rings. The molecule has 1 fully saturated rings. The lowest BCUT2D eigenvalue weighted by molar-refractivity contribution is 0.0950. The van der Waals surface area contributed by atoms with Crippen molar-refractivity contribution in [2.45, 2.75) is 25.9 Å². The van der Waals surface area contributed by atoms with Crippen molar-refractivity contribution in [2.75, 3.05) is 20.2 Å². The first-order valence-electron chi connectivity index (χ1n) is 8.57. The van der Waals surface area contributed by atoms with E-state index in [2.05, 4.69) is 22.3 Å². The lowest BCUT2D eigenvalue weighted by Gasteiger charge is -2.15. The zero-order valence-corrected chi connectivity index (χ0v) is 14.4. The number of hydrogen-bond donors (Lipinski definition) is 1. The van der Waals surface area contributed by atoms with Crippen molar-refractivity contribution in [1.29, 1.82) is 0 Å². The van der Waals surface area contributed by atoms with E-state index < -0.39 is 5.82 Å². The van der Waals surface area contributed by atoms with Crippen LogP contribution >= 0.6 is 0 Å². The lowest BCUT2D eigenvalue weighted by atomic mass is 10.1. The molecule has 0 spiro atoms. The van der Waals surface area contributed by atoms with Gasteiger partial charge in [-0.05, 0) is 55.3 Å². The summed E-state index contributed by atoms with van der Waals surface area (Å²) in [7, 11) is 1.38. The van der Waals surface area contributed by atoms with Gasteiger partial charge in [-0.1, -0.05) is 24.3 Å². The SMILES string of the molecule is COc1cc(C(=O)NCc2cccc(CN3CCCC3)c2)ccc1F. The normalized spacial score (nSPS) is 14.5. The van der Waals surface area contributed by atoms with Crippen LogP contribution in [0.1, 0.15) is 34.3 Å². The minimum atomic E-state index is -0.478. The van der Waals surface area contributed by atoms with Crippen molar-refractivity contribution in [3.8, 4) is 5.75 Å². The maximum atomic E-state index is 13.4. The van der Waals surface area contributed by atoms with Crippen LogP contribution in [0.4, 0.5) is 4.39 Å². The Morgan fingerprint density at radius 1 is 1.16 bits per heavy atom. The van der Waals surface area contributed by atoms with E-state index in [1.54, 1.807) is 0 Å². The molecule has 0 unspecified atom stereocenters. The molecule has 0 saturated carbocycles. The molecule has 0 atom stereocenters. The van der Waals surface area contributed by atoms with Gasteiger partial charge in [0.05, 0.1) is 7.11 Å². The minimum Gasteiger partial charge on any atom is -0.494 e. The molecule has 0 aliphatic carbocycles. The predicted octanol–water partition coefficient (Wildman–Crippen LogP) is 3.36. The Kier molecular flexibility index (Phi) is 5.66. The number of likely N-dealkylation sites (tertiary alicyclic amines) is 1. The molecule has 1 aliphatic rings. The molecule has 2 aromatic carbocycles. The van der Waals surface area contributed by atoms with Crippen molar-refractivity contribution in [3.63, 3.8) is 0 Å². The summed E-state index contributed by atoms with van der Waals surface area (Å²) in [5.41, 5.74) is 2.70. The van der Waals surface area contributed by atoms with Crippen LogP contribution in [-0.2, 0) is 13.1 Å². The molecule has 1 N–H and O–H groups in total. The summed E-state index contributed by atoms with van der Waals surface area (Å²) in [5.74, 6) is -0.655. The van der Waals surface area contributed by atoms with Crippen molar-refractivity contribution in [3.05, 3.63) is 65.0 Å².